The number of rotatable bonds is 10. The summed E-state index contributed by atoms with van der Waals surface area (Å²) < 4.78 is 34.3. The quantitative estimate of drug-likeness (QED) is 0.281. The minimum Gasteiger partial charge on any atom is -0.490 e. The molecule has 2 aromatic rings. The van der Waals surface area contributed by atoms with Crippen LogP contribution in [-0.2, 0) is 0 Å². The summed E-state index contributed by atoms with van der Waals surface area (Å²) in [5.74, 6) is -0.362. The largest absolute Gasteiger partial charge is 0.490 e. The van der Waals surface area contributed by atoms with E-state index in [2.05, 4.69) is 25.6 Å². The average molecular weight is 413 g/mol. The third-order valence-electron chi connectivity index (χ3n) is 6.38. The van der Waals surface area contributed by atoms with Gasteiger partial charge in [0.15, 0.2) is 11.6 Å². The van der Waals surface area contributed by atoms with Crippen molar-refractivity contribution in [3.05, 3.63) is 66.3 Å². The molecule has 0 spiro atoms. The Morgan fingerprint density at radius 2 is 1.70 bits per heavy atom. The Balaban J connectivity index is 1.62. The van der Waals surface area contributed by atoms with Crippen molar-refractivity contribution in [3.63, 3.8) is 0 Å². The molecule has 0 bridgehead atoms. The van der Waals surface area contributed by atoms with Crippen molar-refractivity contribution in [2.75, 3.05) is 6.61 Å². The van der Waals surface area contributed by atoms with E-state index in [9.17, 15) is 8.78 Å². The van der Waals surface area contributed by atoms with Gasteiger partial charge in [-0.15, -0.1) is 6.58 Å². The van der Waals surface area contributed by atoms with Crippen molar-refractivity contribution in [3.8, 4) is 16.9 Å². The lowest BCUT2D eigenvalue weighted by molar-refractivity contribution is 0.302. The average Bonchev–Trinajstić information content (AvgIpc) is 2.78. The minimum atomic E-state index is -0.929. The van der Waals surface area contributed by atoms with E-state index in [1.54, 1.807) is 12.1 Å². The molecule has 1 saturated carbocycles. The molecule has 0 atom stereocenters. The van der Waals surface area contributed by atoms with Gasteiger partial charge in [-0.05, 0) is 67.2 Å². The lowest BCUT2D eigenvalue weighted by Gasteiger charge is -2.29. The first-order chi connectivity index (χ1) is 14.6. The molecule has 1 fully saturated rings. The highest BCUT2D eigenvalue weighted by molar-refractivity contribution is 5.65. The third-order valence-corrected chi connectivity index (χ3v) is 6.38. The first-order valence-corrected chi connectivity index (χ1v) is 11.5. The van der Waals surface area contributed by atoms with E-state index >= 15 is 0 Å². The fraction of sp³-hybridized carbons (Fsp3) is 0.481. The monoisotopic (exact) mass is 412 g/mol. The van der Waals surface area contributed by atoms with Gasteiger partial charge in [-0.25, -0.2) is 4.39 Å². The summed E-state index contributed by atoms with van der Waals surface area (Å²) >= 11 is 0. The van der Waals surface area contributed by atoms with Crippen molar-refractivity contribution < 1.29 is 13.5 Å². The van der Waals surface area contributed by atoms with Crippen molar-refractivity contribution in [2.24, 2.45) is 5.92 Å². The molecule has 0 heterocycles. The lowest BCUT2D eigenvalue weighted by Crippen LogP contribution is -2.13. The van der Waals surface area contributed by atoms with Gasteiger partial charge in [0.05, 0.1) is 6.61 Å². The number of hydrogen-bond acceptors (Lipinski definition) is 1. The zero-order chi connectivity index (χ0) is 21.3. The van der Waals surface area contributed by atoms with E-state index in [0.717, 1.165) is 5.92 Å². The van der Waals surface area contributed by atoms with Gasteiger partial charge in [0.2, 0.25) is 5.82 Å². The summed E-state index contributed by atoms with van der Waals surface area (Å²) in [5, 5.41) is 0. The Kier molecular flexibility index (Phi) is 8.48. The van der Waals surface area contributed by atoms with Gasteiger partial charge < -0.3 is 4.74 Å². The number of benzene rings is 2. The molecule has 0 aromatic heterocycles. The van der Waals surface area contributed by atoms with E-state index in [0.29, 0.717) is 17.9 Å². The first-order valence-electron chi connectivity index (χ1n) is 11.5. The minimum absolute atomic E-state index is 0.0505. The zero-order valence-corrected chi connectivity index (χ0v) is 18.1. The topological polar surface area (TPSA) is 9.23 Å². The molecule has 0 N–H and O–H groups in total. The second kappa shape index (κ2) is 11.3. The number of ether oxygens (including phenoxy) is 1. The molecule has 0 unspecified atom stereocenters. The molecule has 162 valence electrons. The molecular formula is C27H34F2O. The van der Waals surface area contributed by atoms with Gasteiger partial charge in [0, 0.05) is 5.56 Å². The van der Waals surface area contributed by atoms with E-state index in [1.807, 2.05) is 12.1 Å². The highest BCUT2D eigenvalue weighted by Gasteiger charge is 2.22. The molecule has 1 nitrogen and oxygen atoms in total. The second-order valence-corrected chi connectivity index (χ2v) is 8.50. The van der Waals surface area contributed by atoms with Gasteiger partial charge in [0.25, 0.3) is 0 Å². The SMILES string of the molecule is C=CCCOc1ccc(-c2ccc(C3CCC(CCCCC)CC3)cc2)c(F)c1F. The Bertz CT molecular complexity index is 804. The van der Waals surface area contributed by atoms with Gasteiger partial charge in [0.1, 0.15) is 0 Å². The highest BCUT2D eigenvalue weighted by atomic mass is 19.2. The van der Waals surface area contributed by atoms with Crippen LogP contribution in [0.15, 0.2) is 49.1 Å². The summed E-state index contributed by atoms with van der Waals surface area (Å²) in [7, 11) is 0. The van der Waals surface area contributed by atoms with Crippen molar-refractivity contribution in [2.45, 2.75) is 70.6 Å². The van der Waals surface area contributed by atoms with E-state index < -0.39 is 11.6 Å². The van der Waals surface area contributed by atoms with Crippen LogP contribution in [0, 0.1) is 17.6 Å². The summed E-state index contributed by atoms with van der Waals surface area (Å²) in [4.78, 5) is 0. The summed E-state index contributed by atoms with van der Waals surface area (Å²) in [5.41, 5.74) is 2.28. The van der Waals surface area contributed by atoms with Crippen LogP contribution in [0.4, 0.5) is 8.78 Å². The molecule has 0 aliphatic heterocycles. The first kappa shape index (κ1) is 22.5. The Labute approximate surface area is 180 Å². The predicted molar refractivity (Wildman–Crippen MR) is 121 cm³/mol. The summed E-state index contributed by atoms with van der Waals surface area (Å²) in [6.07, 6.45) is 12.7. The van der Waals surface area contributed by atoms with Crippen LogP contribution in [0.1, 0.15) is 76.2 Å². The Morgan fingerprint density at radius 3 is 2.37 bits per heavy atom. The number of halogens is 2. The van der Waals surface area contributed by atoms with E-state index in [4.69, 9.17) is 4.74 Å². The molecule has 3 heteroatoms. The van der Waals surface area contributed by atoms with Crippen LogP contribution in [0.3, 0.4) is 0 Å². The Hall–Kier alpha value is -2.16. The maximum atomic E-state index is 14.6. The maximum absolute atomic E-state index is 14.6. The molecule has 3 rings (SSSR count). The van der Waals surface area contributed by atoms with Crippen molar-refractivity contribution in [1.82, 2.24) is 0 Å². The summed E-state index contributed by atoms with van der Waals surface area (Å²) in [6.45, 7) is 6.14. The maximum Gasteiger partial charge on any atom is 0.201 e. The molecular weight excluding hydrogens is 378 g/mol. The van der Waals surface area contributed by atoms with Crippen LogP contribution in [0.5, 0.6) is 5.75 Å². The summed E-state index contributed by atoms with van der Waals surface area (Å²) in [6, 6.07) is 11.1. The van der Waals surface area contributed by atoms with Crippen LogP contribution in [0.2, 0.25) is 0 Å². The van der Waals surface area contributed by atoms with Crippen LogP contribution in [0.25, 0.3) is 11.1 Å². The lowest BCUT2D eigenvalue weighted by atomic mass is 9.77. The molecule has 0 radical (unpaired) electrons. The fourth-order valence-corrected chi connectivity index (χ4v) is 4.52. The molecule has 2 aromatic carbocycles. The van der Waals surface area contributed by atoms with Gasteiger partial charge in [-0.3, -0.25) is 0 Å². The standard InChI is InChI=1S/C27H34F2O/c1-3-5-7-8-20-9-11-21(12-10-20)22-13-15-23(16-14-22)24-17-18-25(27(29)26(24)28)30-19-6-4-2/h4,13-18,20-21H,2-3,5-12,19H2,1H3. The number of hydrogen-bond donors (Lipinski definition) is 0. The van der Waals surface area contributed by atoms with Crippen molar-refractivity contribution in [1.29, 1.82) is 0 Å². The van der Waals surface area contributed by atoms with Gasteiger partial charge in [-0.2, -0.15) is 4.39 Å². The van der Waals surface area contributed by atoms with Gasteiger partial charge >= 0.3 is 0 Å². The predicted octanol–water partition coefficient (Wildman–Crippen LogP) is 8.44. The smallest absolute Gasteiger partial charge is 0.201 e. The van der Waals surface area contributed by atoms with E-state index in [-0.39, 0.29) is 17.9 Å². The second-order valence-electron chi connectivity index (χ2n) is 8.50. The Morgan fingerprint density at radius 1 is 0.967 bits per heavy atom. The normalized spacial score (nSPS) is 18.9. The molecule has 0 saturated heterocycles. The fourth-order valence-electron chi connectivity index (χ4n) is 4.52. The molecule has 0 amide bonds. The van der Waals surface area contributed by atoms with Crippen molar-refractivity contribution >= 4 is 0 Å². The van der Waals surface area contributed by atoms with E-state index in [1.165, 1.54) is 63.0 Å². The highest BCUT2D eigenvalue weighted by Crippen LogP contribution is 2.38. The van der Waals surface area contributed by atoms with Gasteiger partial charge in [-0.1, -0.05) is 62.9 Å². The zero-order valence-electron chi connectivity index (χ0n) is 18.1. The molecule has 1 aliphatic rings. The third kappa shape index (κ3) is 5.71. The molecule has 1 aliphatic carbocycles. The van der Waals surface area contributed by atoms with Crippen LogP contribution in [-0.4, -0.2) is 6.61 Å². The van der Waals surface area contributed by atoms with Crippen LogP contribution >= 0.6 is 0 Å². The van der Waals surface area contributed by atoms with Crippen LogP contribution < -0.4 is 4.74 Å². The molecule has 30 heavy (non-hydrogen) atoms. The number of unbranched alkanes of at least 4 members (excludes halogenated alkanes) is 2.